The number of carbonyl (C=O) groups is 1. The molecule has 1 amide bonds. The first-order valence-electron chi connectivity index (χ1n) is 7.88. The molecule has 1 saturated carbocycles. The van der Waals surface area contributed by atoms with Crippen molar-refractivity contribution in [3.63, 3.8) is 0 Å². The van der Waals surface area contributed by atoms with Gasteiger partial charge in [0, 0.05) is 25.7 Å². The molecule has 116 valence electrons. The SMILES string of the molecule is CC1CN(C(=O)CN(CCO)C2CCCC2)CC(C)O1. The quantitative estimate of drug-likeness (QED) is 0.813. The Bertz CT molecular complexity index is 308. The zero-order valence-electron chi connectivity index (χ0n) is 12.8. The lowest BCUT2D eigenvalue weighted by molar-refractivity contribution is -0.145. The number of morpholine rings is 1. The van der Waals surface area contributed by atoms with Crippen LogP contribution in [0.5, 0.6) is 0 Å². The molecular weight excluding hydrogens is 256 g/mol. The molecule has 5 heteroatoms. The van der Waals surface area contributed by atoms with Gasteiger partial charge in [-0.05, 0) is 26.7 Å². The van der Waals surface area contributed by atoms with Gasteiger partial charge in [0.2, 0.25) is 5.91 Å². The lowest BCUT2D eigenvalue weighted by Crippen LogP contribution is -2.52. The number of hydrogen-bond donors (Lipinski definition) is 1. The summed E-state index contributed by atoms with van der Waals surface area (Å²) >= 11 is 0. The van der Waals surface area contributed by atoms with Gasteiger partial charge in [-0.25, -0.2) is 0 Å². The third-order valence-corrected chi connectivity index (χ3v) is 4.34. The molecule has 5 nitrogen and oxygen atoms in total. The summed E-state index contributed by atoms with van der Waals surface area (Å²) < 4.78 is 5.67. The fourth-order valence-corrected chi connectivity index (χ4v) is 3.44. The molecule has 0 aromatic carbocycles. The van der Waals surface area contributed by atoms with Crippen LogP contribution in [-0.2, 0) is 9.53 Å². The van der Waals surface area contributed by atoms with Crippen LogP contribution < -0.4 is 0 Å². The molecule has 1 saturated heterocycles. The molecule has 2 rings (SSSR count). The predicted molar refractivity (Wildman–Crippen MR) is 77.5 cm³/mol. The number of carbonyl (C=O) groups excluding carboxylic acids is 1. The molecule has 0 bridgehead atoms. The van der Waals surface area contributed by atoms with E-state index in [9.17, 15) is 9.90 Å². The molecule has 0 aromatic rings. The number of amides is 1. The molecule has 1 N–H and O–H groups in total. The molecule has 2 atom stereocenters. The molecule has 2 fully saturated rings. The molecule has 0 aromatic heterocycles. The fraction of sp³-hybridized carbons (Fsp3) is 0.933. The van der Waals surface area contributed by atoms with Crippen LogP contribution >= 0.6 is 0 Å². The van der Waals surface area contributed by atoms with Crippen LogP contribution in [-0.4, -0.2) is 71.8 Å². The van der Waals surface area contributed by atoms with Crippen molar-refractivity contribution in [1.29, 1.82) is 0 Å². The summed E-state index contributed by atoms with van der Waals surface area (Å²) in [6.45, 7) is 6.55. The van der Waals surface area contributed by atoms with Crippen molar-refractivity contribution >= 4 is 5.91 Å². The van der Waals surface area contributed by atoms with Crippen LogP contribution in [0.25, 0.3) is 0 Å². The van der Waals surface area contributed by atoms with Crippen LogP contribution in [0.3, 0.4) is 0 Å². The third-order valence-electron chi connectivity index (χ3n) is 4.34. The molecule has 20 heavy (non-hydrogen) atoms. The minimum absolute atomic E-state index is 0.112. The zero-order valence-corrected chi connectivity index (χ0v) is 12.8. The van der Waals surface area contributed by atoms with Gasteiger partial charge in [-0.2, -0.15) is 0 Å². The summed E-state index contributed by atoms with van der Waals surface area (Å²) in [6.07, 6.45) is 5.02. The maximum atomic E-state index is 12.5. The van der Waals surface area contributed by atoms with Crippen LogP contribution in [0, 0.1) is 0 Å². The van der Waals surface area contributed by atoms with Gasteiger partial charge < -0.3 is 14.7 Å². The number of aliphatic hydroxyl groups excluding tert-OH is 1. The van der Waals surface area contributed by atoms with Crippen molar-refractivity contribution in [2.45, 2.75) is 57.8 Å². The highest BCUT2D eigenvalue weighted by atomic mass is 16.5. The van der Waals surface area contributed by atoms with Gasteiger partial charge in [-0.1, -0.05) is 12.8 Å². The average Bonchev–Trinajstić information content (AvgIpc) is 2.90. The first-order chi connectivity index (χ1) is 9.60. The summed E-state index contributed by atoms with van der Waals surface area (Å²) in [5.74, 6) is 0.173. The fourth-order valence-electron chi connectivity index (χ4n) is 3.44. The van der Waals surface area contributed by atoms with E-state index in [-0.39, 0.29) is 24.7 Å². The molecule has 0 radical (unpaired) electrons. The number of hydrogen-bond acceptors (Lipinski definition) is 4. The minimum Gasteiger partial charge on any atom is -0.395 e. The van der Waals surface area contributed by atoms with Gasteiger partial charge in [0.25, 0.3) is 0 Å². The Morgan fingerprint density at radius 2 is 1.85 bits per heavy atom. The zero-order chi connectivity index (χ0) is 14.5. The van der Waals surface area contributed by atoms with Crippen molar-refractivity contribution in [1.82, 2.24) is 9.80 Å². The van der Waals surface area contributed by atoms with E-state index in [1.54, 1.807) is 0 Å². The third kappa shape index (κ3) is 4.17. The first-order valence-corrected chi connectivity index (χ1v) is 7.88. The van der Waals surface area contributed by atoms with Crippen LogP contribution in [0.2, 0.25) is 0 Å². The van der Waals surface area contributed by atoms with E-state index in [1.807, 2.05) is 18.7 Å². The van der Waals surface area contributed by atoms with Crippen molar-refractivity contribution in [3.05, 3.63) is 0 Å². The Morgan fingerprint density at radius 3 is 2.40 bits per heavy atom. The van der Waals surface area contributed by atoms with Crippen molar-refractivity contribution in [2.75, 3.05) is 32.8 Å². The number of aliphatic hydroxyl groups is 1. The van der Waals surface area contributed by atoms with E-state index < -0.39 is 0 Å². The van der Waals surface area contributed by atoms with Gasteiger partial charge in [0.05, 0.1) is 25.4 Å². The summed E-state index contributed by atoms with van der Waals surface area (Å²) in [6, 6.07) is 0.474. The molecule has 1 heterocycles. The van der Waals surface area contributed by atoms with Crippen molar-refractivity contribution in [3.8, 4) is 0 Å². The topological polar surface area (TPSA) is 53.0 Å². The highest BCUT2D eigenvalue weighted by Crippen LogP contribution is 2.23. The van der Waals surface area contributed by atoms with E-state index in [1.165, 1.54) is 12.8 Å². The maximum absolute atomic E-state index is 12.5. The molecule has 2 unspecified atom stereocenters. The second kappa shape index (κ2) is 7.38. The normalized spacial score (nSPS) is 28.3. The monoisotopic (exact) mass is 284 g/mol. The van der Waals surface area contributed by atoms with Crippen LogP contribution in [0.4, 0.5) is 0 Å². The van der Waals surface area contributed by atoms with E-state index in [0.29, 0.717) is 32.2 Å². The predicted octanol–water partition coefficient (Wildman–Crippen LogP) is 0.859. The lowest BCUT2D eigenvalue weighted by Gasteiger charge is -2.37. The highest BCUT2D eigenvalue weighted by molar-refractivity contribution is 5.78. The highest BCUT2D eigenvalue weighted by Gasteiger charge is 2.29. The summed E-state index contributed by atoms with van der Waals surface area (Å²) in [5.41, 5.74) is 0. The summed E-state index contributed by atoms with van der Waals surface area (Å²) in [5, 5.41) is 9.22. The molecule has 0 spiro atoms. The van der Waals surface area contributed by atoms with Gasteiger partial charge in [-0.3, -0.25) is 9.69 Å². The summed E-state index contributed by atoms with van der Waals surface area (Å²) in [4.78, 5) is 16.6. The van der Waals surface area contributed by atoms with Crippen molar-refractivity contribution < 1.29 is 14.6 Å². The molecule has 1 aliphatic carbocycles. The Labute approximate surface area is 121 Å². The Balaban J connectivity index is 1.89. The number of ether oxygens (including phenoxy) is 1. The Kier molecular flexibility index (Phi) is 5.81. The maximum Gasteiger partial charge on any atom is 0.236 e. The van der Waals surface area contributed by atoms with Gasteiger partial charge >= 0.3 is 0 Å². The first kappa shape index (κ1) is 15.7. The van der Waals surface area contributed by atoms with Gasteiger partial charge in [0.1, 0.15) is 0 Å². The minimum atomic E-state index is 0.112. The van der Waals surface area contributed by atoms with E-state index in [0.717, 1.165) is 12.8 Å². The van der Waals surface area contributed by atoms with Crippen molar-refractivity contribution in [2.24, 2.45) is 0 Å². The average molecular weight is 284 g/mol. The van der Waals surface area contributed by atoms with E-state index in [4.69, 9.17) is 4.74 Å². The molecule has 2 aliphatic rings. The van der Waals surface area contributed by atoms with Crippen LogP contribution in [0.15, 0.2) is 0 Å². The second-order valence-electron chi connectivity index (χ2n) is 6.19. The molecule has 1 aliphatic heterocycles. The molecular formula is C15H28N2O3. The Morgan fingerprint density at radius 1 is 1.25 bits per heavy atom. The van der Waals surface area contributed by atoms with E-state index >= 15 is 0 Å². The van der Waals surface area contributed by atoms with E-state index in [2.05, 4.69) is 4.90 Å². The largest absolute Gasteiger partial charge is 0.395 e. The Hall–Kier alpha value is -0.650. The number of rotatable bonds is 5. The van der Waals surface area contributed by atoms with Crippen LogP contribution in [0.1, 0.15) is 39.5 Å². The second-order valence-corrected chi connectivity index (χ2v) is 6.19. The lowest BCUT2D eigenvalue weighted by atomic mass is 10.2. The number of nitrogens with zero attached hydrogens (tertiary/aromatic N) is 2. The van der Waals surface area contributed by atoms with Gasteiger partial charge in [0.15, 0.2) is 0 Å². The smallest absolute Gasteiger partial charge is 0.236 e. The standard InChI is InChI=1S/C15H28N2O3/c1-12-9-17(10-13(2)20-12)15(19)11-16(7-8-18)14-5-3-4-6-14/h12-14,18H,3-11H2,1-2H3. The summed E-state index contributed by atoms with van der Waals surface area (Å²) in [7, 11) is 0. The van der Waals surface area contributed by atoms with Gasteiger partial charge in [-0.15, -0.1) is 0 Å².